The van der Waals surface area contributed by atoms with Crippen molar-refractivity contribution < 1.29 is 9.53 Å². The van der Waals surface area contributed by atoms with Crippen LogP contribution in [0.5, 0.6) is 5.88 Å². The fraction of sp³-hybridized carbons (Fsp3) is 0.286. The third kappa shape index (κ3) is 1.91. The highest BCUT2D eigenvalue weighted by molar-refractivity contribution is 5.70. The summed E-state index contributed by atoms with van der Waals surface area (Å²) in [4.78, 5) is 18.2. The summed E-state index contributed by atoms with van der Waals surface area (Å²) in [5, 5.41) is 0. The number of carbonyl (C=O) groups is 1. The van der Waals surface area contributed by atoms with Crippen LogP contribution in [0.1, 0.15) is 12.6 Å². The van der Waals surface area contributed by atoms with Crippen LogP contribution in [-0.2, 0) is 4.79 Å². The number of anilines is 1. The number of nitrogens with zero attached hydrogens (tertiary/aromatic N) is 2. The average Bonchev–Trinajstić information content (AvgIpc) is 1.96. The Hall–Kier alpha value is -1.65. The van der Waals surface area contributed by atoms with E-state index in [1.807, 2.05) is 0 Å². The Bertz CT molecular complexity index is 312. The zero-order chi connectivity index (χ0) is 9.14. The van der Waals surface area contributed by atoms with Gasteiger partial charge >= 0.3 is 5.97 Å². The lowest BCUT2D eigenvalue weighted by molar-refractivity contribution is -0.132. The van der Waals surface area contributed by atoms with E-state index in [9.17, 15) is 4.79 Å². The van der Waals surface area contributed by atoms with Crippen molar-refractivity contribution in [2.24, 2.45) is 0 Å². The topological polar surface area (TPSA) is 78.1 Å². The fourth-order valence-electron chi connectivity index (χ4n) is 0.676. The molecular weight excluding hydrogens is 158 g/mol. The molecule has 0 aliphatic heterocycles. The summed E-state index contributed by atoms with van der Waals surface area (Å²) >= 11 is 0. The van der Waals surface area contributed by atoms with Crippen molar-refractivity contribution in [1.82, 2.24) is 9.97 Å². The largest absolute Gasteiger partial charge is 0.404 e. The number of nitrogens with two attached hydrogens (primary N) is 1. The van der Waals surface area contributed by atoms with Gasteiger partial charge in [0.2, 0.25) is 0 Å². The predicted molar refractivity (Wildman–Crippen MR) is 42.5 cm³/mol. The summed E-state index contributed by atoms with van der Waals surface area (Å²) in [6.45, 7) is 3.02. The van der Waals surface area contributed by atoms with Crippen LogP contribution in [-0.4, -0.2) is 15.9 Å². The summed E-state index contributed by atoms with van der Waals surface area (Å²) in [5.41, 5.74) is 6.04. The number of nitrogen functional groups attached to an aromatic ring is 1. The number of carbonyl (C=O) groups excluding carboxylic acids is 1. The first-order valence-corrected chi connectivity index (χ1v) is 3.37. The standard InChI is InChI=1S/C7H9N3O2/c1-4-3-9-6(8)7(10-4)12-5(2)11/h3H,1-2H3,(H2,8,9). The van der Waals surface area contributed by atoms with Gasteiger partial charge < -0.3 is 10.5 Å². The number of rotatable bonds is 1. The second kappa shape index (κ2) is 3.17. The minimum absolute atomic E-state index is 0.0718. The van der Waals surface area contributed by atoms with Crippen LogP contribution in [0.15, 0.2) is 6.20 Å². The Morgan fingerprint density at radius 3 is 2.92 bits per heavy atom. The van der Waals surface area contributed by atoms with E-state index in [1.54, 1.807) is 6.92 Å². The monoisotopic (exact) mass is 167 g/mol. The maximum absolute atomic E-state index is 10.5. The molecule has 0 aliphatic rings. The highest BCUT2D eigenvalue weighted by atomic mass is 16.5. The van der Waals surface area contributed by atoms with Gasteiger partial charge in [0.05, 0.1) is 11.9 Å². The molecule has 12 heavy (non-hydrogen) atoms. The van der Waals surface area contributed by atoms with Crippen molar-refractivity contribution in [2.45, 2.75) is 13.8 Å². The molecule has 0 fully saturated rings. The molecule has 0 saturated heterocycles. The van der Waals surface area contributed by atoms with Gasteiger partial charge in [-0.2, -0.15) is 0 Å². The molecule has 0 aliphatic carbocycles. The zero-order valence-corrected chi connectivity index (χ0v) is 6.87. The van der Waals surface area contributed by atoms with Crippen molar-refractivity contribution in [3.63, 3.8) is 0 Å². The fourth-order valence-corrected chi connectivity index (χ4v) is 0.676. The van der Waals surface area contributed by atoms with Gasteiger partial charge in [0, 0.05) is 6.92 Å². The van der Waals surface area contributed by atoms with Crippen LogP contribution in [0.2, 0.25) is 0 Å². The molecule has 1 heterocycles. The van der Waals surface area contributed by atoms with Crippen molar-refractivity contribution in [2.75, 3.05) is 5.73 Å². The van der Waals surface area contributed by atoms with Gasteiger partial charge in [0.1, 0.15) is 0 Å². The normalized spacial score (nSPS) is 9.50. The summed E-state index contributed by atoms with van der Waals surface area (Å²) in [5.74, 6) is -0.264. The minimum Gasteiger partial charge on any atom is -0.404 e. The van der Waals surface area contributed by atoms with Crippen molar-refractivity contribution in [3.8, 4) is 5.88 Å². The highest BCUT2D eigenvalue weighted by Gasteiger charge is 2.05. The lowest BCUT2D eigenvalue weighted by Crippen LogP contribution is -2.07. The molecule has 0 atom stereocenters. The van der Waals surface area contributed by atoms with E-state index in [0.29, 0.717) is 5.69 Å². The Kier molecular flexibility index (Phi) is 2.23. The molecule has 2 N–H and O–H groups in total. The summed E-state index contributed by atoms with van der Waals surface area (Å²) < 4.78 is 4.69. The smallest absolute Gasteiger partial charge is 0.309 e. The van der Waals surface area contributed by atoms with Gasteiger partial charge in [-0.15, -0.1) is 0 Å². The number of hydrogen-bond donors (Lipinski definition) is 1. The second-order valence-electron chi connectivity index (χ2n) is 2.30. The molecule has 0 unspecified atom stereocenters. The highest BCUT2D eigenvalue weighted by Crippen LogP contribution is 2.14. The quantitative estimate of drug-likeness (QED) is 0.608. The first-order valence-electron chi connectivity index (χ1n) is 3.37. The maximum Gasteiger partial charge on any atom is 0.309 e. The Morgan fingerprint density at radius 1 is 1.67 bits per heavy atom. The first-order chi connectivity index (χ1) is 5.59. The van der Waals surface area contributed by atoms with Crippen LogP contribution in [0.3, 0.4) is 0 Å². The molecule has 0 saturated carbocycles. The first kappa shape index (κ1) is 8.45. The van der Waals surface area contributed by atoms with E-state index in [4.69, 9.17) is 5.73 Å². The summed E-state index contributed by atoms with van der Waals surface area (Å²) in [7, 11) is 0. The van der Waals surface area contributed by atoms with Gasteiger partial charge in [-0.25, -0.2) is 9.97 Å². The van der Waals surface area contributed by atoms with Crippen LogP contribution >= 0.6 is 0 Å². The molecule has 1 aromatic rings. The van der Waals surface area contributed by atoms with Crippen molar-refractivity contribution in [3.05, 3.63) is 11.9 Å². The van der Waals surface area contributed by atoms with E-state index in [1.165, 1.54) is 13.1 Å². The molecule has 1 rings (SSSR count). The van der Waals surface area contributed by atoms with Gasteiger partial charge in [0.15, 0.2) is 5.82 Å². The molecular formula is C7H9N3O2. The molecule has 1 aromatic heterocycles. The summed E-state index contributed by atoms with van der Waals surface area (Å²) in [6.07, 6.45) is 1.50. The van der Waals surface area contributed by atoms with Crippen LogP contribution in [0.25, 0.3) is 0 Å². The number of aromatic nitrogens is 2. The maximum atomic E-state index is 10.5. The second-order valence-corrected chi connectivity index (χ2v) is 2.30. The van der Waals surface area contributed by atoms with E-state index in [2.05, 4.69) is 14.7 Å². The Morgan fingerprint density at radius 2 is 2.33 bits per heavy atom. The molecule has 0 spiro atoms. The number of esters is 1. The lowest BCUT2D eigenvalue weighted by Gasteiger charge is -2.02. The third-order valence-electron chi connectivity index (χ3n) is 1.13. The van der Waals surface area contributed by atoms with E-state index in [0.717, 1.165) is 0 Å². The molecule has 0 aromatic carbocycles. The van der Waals surface area contributed by atoms with Crippen LogP contribution in [0, 0.1) is 6.92 Å². The Labute approximate surface area is 69.6 Å². The molecule has 64 valence electrons. The SMILES string of the molecule is CC(=O)Oc1nc(C)cnc1N. The number of ether oxygens (including phenoxy) is 1. The zero-order valence-electron chi connectivity index (χ0n) is 6.87. The van der Waals surface area contributed by atoms with E-state index in [-0.39, 0.29) is 11.7 Å². The van der Waals surface area contributed by atoms with Crippen LogP contribution in [0.4, 0.5) is 5.82 Å². The molecule has 0 bridgehead atoms. The molecule has 0 amide bonds. The molecule has 5 heteroatoms. The number of aryl methyl sites for hydroxylation is 1. The third-order valence-corrected chi connectivity index (χ3v) is 1.13. The molecule has 0 radical (unpaired) electrons. The van der Waals surface area contributed by atoms with Gasteiger partial charge in [-0.3, -0.25) is 4.79 Å². The lowest BCUT2D eigenvalue weighted by atomic mass is 10.5. The molecule has 5 nitrogen and oxygen atoms in total. The average molecular weight is 167 g/mol. The predicted octanol–water partition coefficient (Wildman–Crippen LogP) is 0.293. The number of hydrogen-bond acceptors (Lipinski definition) is 5. The van der Waals surface area contributed by atoms with Crippen molar-refractivity contribution >= 4 is 11.8 Å². The van der Waals surface area contributed by atoms with Gasteiger partial charge in [-0.1, -0.05) is 0 Å². The minimum atomic E-state index is -0.457. The van der Waals surface area contributed by atoms with Gasteiger partial charge in [0.25, 0.3) is 5.88 Å². The summed E-state index contributed by atoms with van der Waals surface area (Å²) in [6, 6.07) is 0. The van der Waals surface area contributed by atoms with Crippen molar-refractivity contribution in [1.29, 1.82) is 0 Å². The van der Waals surface area contributed by atoms with Gasteiger partial charge in [-0.05, 0) is 6.92 Å². The van der Waals surface area contributed by atoms with E-state index >= 15 is 0 Å². The van der Waals surface area contributed by atoms with E-state index < -0.39 is 5.97 Å². The Balaban J connectivity index is 2.97. The van der Waals surface area contributed by atoms with Crippen LogP contribution < -0.4 is 10.5 Å².